The molecular formula is C38H43N3O4S. The van der Waals surface area contributed by atoms with Gasteiger partial charge in [-0.25, -0.2) is 8.42 Å². The van der Waals surface area contributed by atoms with E-state index in [4.69, 9.17) is 0 Å². The highest BCUT2D eigenvalue weighted by Gasteiger charge is 2.35. The highest BCUT2D eigenvalue weighted by molar-refractivity contribution is 7.92. The van der Waals surface area contributed by atoms with Crippen LogP contribution in [0.5, 0.6) is 0 Å². The number of hydrogen-bond donors (Lipinski definition) is 1. The largest absolute Gasteiger partial charge is 0.352 e. The summed E-state index contributed by atoms with van der Waals surface area (Å²) in [6.45, 7) is 5.46. The number of sulfonamides is 1. The Morgan fingerprint density at radius 3 is 2.02 bits per heavy atom. The molecular weight excluding hydrogens is 595 g/mol. The smallest absolute Gasteiger partial charge is 0.264 e. The van der Waals surface area contributed by atoms with Gasteiger partial charge in [0.1, 0.15) is 12.6 Å². The molecule has 2 amide bonds. The van der Waals surface area contributed by atoms with E-state index in [0.717, 1.165) is 53.5 Å². The first-order valence-electron chi connectivity index (χ1n) is 16.0. The van der Waals surface area contributed by atoms with Gasteiger partial charge in [0.15, 0.2) is 0 Å². The minimum Gasteiger partial charge on any atom is -0.352 e. The van der Waals surface area contributed by atoms with E-state index >= 15 is 0 Å². The Morgan fingerprint density at radius 1 is 0.761 bits per heavy atom. The van der Waals surface area contributed by atoms with Crippen LogP contribution in [0, 0.1) is 20.8 Å². The Morgan fingerprint density at radius 2 is 1.39 bits per heavy atom. The second kappa shape index (κ2) is 14.8. The maximum atomic E-state index is 14.6. The van der Waals surface area contributed by atoms with Gasteiger partial charge >= 0.3 is 0 Å². The summed E-state index contributed by atoms with van der Waals surface area (Å²) in [5.41, 5.74) is 5.03. The predicted octanol–water partition coefficient (Wildman–Crippen LogP) is 6.51. The normalized spacial score (nSPS) is 14.1. The highest BCUT2D eigenvalue weighted by Crippen LogP contribution is 2.26. The van der Waals surface area contributed by atoms with Crippen molar-refractivity contribution < 1.29 is 18.0 Å². The van der Waals surface area contributed by atoms with Crippen LogP contribution in [-0.2, 0) is 32.6 Å². The minimum absolute atomic E-state index is 0.0628. The van der Waals surface area contributed by atoms with Crippen molar-refractivity contribution in [3.05, 3.63) is 131 Å². The average Bonchev–Trinajstić information content (AvgIpc) is 3.56. The third-order valence-corrected chi connectivity index (χ3v) is 10.4. The van der Waals surface area contributed by atoms with Crippen LogP contribution in [0.25, 0.3) is 0 Å². The second-order valence-electron chi connectivity index (χ2n) is 12.4. The van der Waals surface area contributed by atoms with E-state index in [9.17, 15) is 18.0 Å². The molecule has 8 heteroatoms. The van der Waals surface area contributed by atoms with E-state index < -0.39 is 28.5 Å². The lowest BCUT2D eigenvalue weighted by molar-refractivity contribution is -0.140. The number of amides is 2. The van der Waals surface area contributed by atoms with Gasteiger partial charge in [-0.1, -0.05) is 103 Å². The number of nitrogens with zero attached hydrogens (tertiary/aromatic N) is 2. The van der Waals surface area contributed by atoms with Crippen molar-refractivity contribution in [2.24, 2.45) is 0 Å². The summed E-state index contributed by atoms with van der Waals surface area (Å²) in [4.78, 5) is 30.4. The summed E-state index contributed by atoms with van der Waals surface area (Å²) in [6.07, 6.45) is 4.23. The van der Waals surface area contributed by atoms with Crippen LogP contribution in [0.4, 0.5) is 5.69 Å². The van der Waals surface area contributed by atoms with Crippen molar-refractivity contribution in [3.63, 3.8) is 0 Å². The molecule has 1 aliphatic carbocycles. The van der Waals surface area contributed by atoms with Crippen molar-refractivity contribution in [1.29, 1.82) is 0 Å². The molecule has 4 aromatic rings. The Bertz CT molecular complexity index is 1730. The summed E-state index contributed by atoms with van der Waals surface area (Å²) in [6, 6.07) is 30.5. The summed E-state index contributed by atoms with van der Waals surface area (Å²) in [7, 11) is -4.13. The van der Waals surface area contributed by atoms with Crippen LogP contribution in [0.3, 0.4) is 0 Å². The first kappa shape index (κ1) is 32.9. The molecule has 0 unspecified atom stereocenters. The molecule has 0 radical (unpaired) electrons. The van der Waals surface area contributed by atoms with Gasteiger partial charge in [-0.05, 0) is 74.6 Å². The lowest BCUT2D eigenvalue weighted by Gasteiger charge is -2.34. The fourth-order valence-electron chi connectivity index (χ4n) is 5.96. The molecule has 0 bridgehead atoms. The SMILES string of the molecule is Cc1ccc(CN(C(=O)CN(c2cccc(C)c2)S(=O)(=O)c2ccc(C)cc2)[C@@H](Cc2ccccc2)C(=O)NC2CCCC2)cc1. The number of nitrogens with one attached hydrogen (secondary N) is 1. The quantitative estimate of drug-likeness (QED) is 0.192. The van der Waals surface area contributed by atoms with Crippen LogP contribution in [0.2, 0.25) is 0 Å². The topological polar surface area (TPSA) is 86.8 Å². The standard InChI is InChI=1S/C38H43N3O4S/c1-28-16-20-32(21-17-28)26-40(36(25-31-11-5-4-6-12-31)38(43)39-33-13-7-8-14-33)37(42)27-41(34-15-9-10-30(3)24-34)46(44,45)35-22-18-29(2)19-23-35/h4-6,9-12,15-24,33,36H,7-8,13-14,25-27H2,1-3H3,(H,39,43)/t36-/m0/s1. The molecule has 1 N–H and O–H groups in total. The molecule has 4 aromatic carbocycles. The summed E-state index contributed by atoms with van der Waals surface area (Å²) in [5, 5.41) is 3.22. The summed E-state index contributed by atoms with van der Waals surface area (Å²) >= 11 is 0. The zero-order chi connectivity index (χ0) is 32.7. The van der Waals surface area contributed by atoms with E-state index in [1.807, 2.05) is 81.4 Å². The van der Waals surface area contributed by atoms with E-state index in [2.05, 4.69) is 5.32 Å². The average molecular weight is 638 g/mol. The molecule has 7 nitrogen and oxygen atoms in total. The zero-order valence-corrected chi connectivity index (χ0v) is 27.7. The van der Waals surface area contributed by atoms with Gasteiger partial charge in [-0.15, -0.1) is 0 Å². The number of hydrogen-bond acceptors (Lipinski definition) is 4. The molecule has 240 valence electrons. The monoisotopic (exact) mass is 637 g/mol. The van der Waals surface area contributed by atoms with Gasteiger partial charge in [0.25, 0.3) is 10.0 Å². The van der Waals surface area contributed by atoms with Crippen LogP contribution < -0.4 is 9.62 Å². The van der Waals surface area contributed by atoms with Crippen LogP contribution in [0.1, 0.15) is 53.5 Å². The first-order chi connectivity index (χ1) is 22.1. The lowest BCUT2D eigenvalue weighted by Crippen LogP contribution is -2.54. The Labute approximate surface area is 273 Å². The number of benzene rings is 4. The van der Waals surface area contributed by atoms with Crippen molar-refractivity contribution in [1.82, 2.24) is 10.2 Å². The van der Waals surface area contributed by atoms with Gasteiger partial charge in [0, 0.05) is 19.0 Å². The molecule has 0 aliphatic heterocycles. The summed E-state index contributed by atoms with van der Waals surface area (Å²) < 4.78 is 29.6. The predicted molar refractivity (Wildman–Crippen MR) is 183 cm³/mol. The number of rotatable bonds is 12. The van der Waals surface area contributed by atoms with Gasteiger partial charge in [0.05, 0.1) is 10.6 Å². The molecule has 0 heterocycles. The Hall–Kier alpha value is -4.43. The molecule has 0 saturated heterocycles. The lowest BCUT2D eigenvalue weighted by atomic mass is 10.0. The van der Waals surface area contributed by atoms with Crippen LogP contribution >= 0.6 is 0 Å². The molecule has 1 aliphatic rings. The van der Waals surface area contributed by atoms with Crippen LogP contribution in [-0.4, -0.2) is 43.8 Å². The Kier molecular flexibility index (Phi) is 10.6. The van der Waals surface area contributed by atoms with Gasteiger partial charge in [-0.3, -0.25) is 13.9 Å². The van der Waals surface area contributed by atoms with E-state index in [1.54, 1.807) is 47.4 Å². The summed E-state index contributed by atoms with van der Waals surface area (Å²) in [5.74, 6) is -0.681. The maximum Gasteiger partial charge on any atom is 0.264 e. The van der Waals surface area contributed by atoms with Crippen molar-refractivity contribution in [2.45, 2.75) is 76.4 Å². The number of aryl methyl sites for hydroxylation is 3. The van der Waals surface area contributed by atoms with E-state index in [1.165, 1.54) is 4.31 Å². The first-order valence-corrected chi connectivity index (χ1v) is 17.4. The van der Waals surface area contributed by atoms with Crippen molar-refractivity contribution in [2.75, 3.05) is 10.8 Å². The van der Waals surface area contributed by atoms with Crippen molar-refractivity contribution >= 4 is 27.5 Å². The molecule has 0 spiro atoms. The highest BCUT2D eigenvalue weighted by atomic mass is 32.2. The molecule has 1 saturated carbocycles. The fourth-order valence-corrected chi connectivity index (χ4v) is 7.37. The van der Waals surface area contributed by atoms with E-state index in [-0.39, 0.29) is 23.4 Å². The second-order valence-corrected chi connectivity index (χ2v) is 14.2. The van der Waals surface area contributed by atoms with Crippen molar-refractivity contribution in [3.8, 4) is 0 Å². The third kappa shape index (κ3) is 8.23. The third-order valence-electron chi connectivity index (χ3n) is 8.62. The Balaban J connectivity index is 1.56. The number of carbonyl (C=O) groups is 2. The zero-order valence-electron chi connectivity index (χ0n) is 26.9. The molecule has 1 fully saturated rings. The minimum atomic E-state index is -4.13. The molecule has 0 aromatic heterocycles. The molecule has 5 rings (SSSR count). The van der Waals surface area contributed by atoms with Gasteiger partial charge in [-0.2, -0.15) is 0 Å². The van der Waals surface area contributed by atoms with Gasteiger partial charge in [0.2, 0.25) is 11.8 Å². The maximum absolute atomic E-state index is 14.6. The molecule has 46 heavy (non-hydrogen) atoms. The van der Waals surface area contributed by atoms with Crippen LogP contribution in [0.15, 0.2) is 108 Å². The fraction of sp³-hybridized carbons (Fsp3) is 0.316. The molecule has 1 atom stereocenters. The van der Waals surface area contributed by atoms with E-state index in [0.29, 0.717) is 12.1 Å². The van der Waals surface area contributed by atoms with Gasteiger partial charge < -0.3 is 10.2 Å². The number of carbonyl (C=O) groups excluding carboxylic acids is 2. The number of anilines is 1.